The Morgan fingerprint density at radius 3 is 2.47 bits per heavy atom. The van der Waals surface area contributed by atoms with Gasteiger partial charge in [-0.25, -0.2) is 0 Å². The number of rotatable bonds is 5. The van der Waals surface area contributed by atoms with E-state index in [4.69, 9.17) is 0 Å². The van der Waals surface area contributed by atoms with E-state index in [1.54, 1.807) is 0 Å². The molecule has 0 aromatic rings. The third kappa shape index (κ3) is 2.71. The molecule has 15 heavy (non-hydrogen) atoms. The van der Waals surface area contributed by atoms with Crippen molar-refractivity contribution < 1.29 is 4.79 Å². The zero-order valence-corrected chi connectivity index (χ0v) is 9.75. The van der Waals surface area contributed by atoms with E-state index >= 15 is 0 Å². The highest BCUT2D eigenvalue weighted by molar-refractivity contribution is 5.78. The fourth-order valence-electron chi connectivity index (χ4n) is 2.13. The van der Waals surface area contributed by atoms with Gasteiger partial charge in [0.2, 0.25) is 5.91 Å². The fraction of sp³-hybridized carbons (Fsp3) is 0.917. The van der Waals surface area contributed by atoms with Crippen molar-refractivity contribution in [1.29, 1.82) is 0 Å². The minimum Gasteiger partial charge on any atom is -0.356 e. The highest BCUT2D eigenvalue weighted by atomic mass is 16.1. The van der Waals surface area contributed by atoms with Gasteiger partial charge in [-0.15, -0.1) is 0 Å². The van der Waals surface area contributed by atoms with Gasteiger partial charge in [-0.2, -0.15) is 0 Å². The summed E-state index contributed by atoms with van der Waals surface area (Å²) in [4.78, 5) is 11.8. The van der Waals surface area contributed by atoms with E-state index in [-0.39, 0.29) is 11.8 Å². The van der Waals surface area contributed by atoms with Crippen LogP contribution < -0.4 is 10.6 Å². The lowest BCUT2D eigenvalue weighted by molar-refractivity contribution is -0.126. The van der Waals surface area contributed by atoms with Crippen LogP contribution in [-0.4, -0.2) is 25.5 Å². The van der Waals surface area contributed by atoms with Crippen molar-refractivity contribution >= 4 is 5.91 Å². The molecule has 3 heteroatoms. The average Bonchev–Trinajstić information content (AvgIpc) is 2.93. The minimum absolute atomic E-state index is 0.178. The minimum atomic E-state index is 0.178. The van der Waals surface area contributed by atoms with Gasteiger partial charge < -0.3 is 10.6 Å². The first kappa shape index (κ1) is 10.9. The Balaban J connectivity index is 1.66. The maximum atomic E-state index is 11.8. The number of nitrogens with one attached hydrogen (secondary N) is 2. The van der Waals surface area contributed by atoms with Gasteiger partial charge in [0.1, 0.15) is 0 Å². The Bertz CT molecular complexity index is 234. The molecule has 2 unspecified atom stereocenters. The summed E-state index contributed by atoms with van der Waals surface area (Å²) < 4.78 is 0. The van der Waals surface area contributed by atoms with E-state index in [0.29, 0.717) is 11.8 Å². The van der Waals surface area contributed by atoms with Crippen LogP contribution >= 0.6 is 0 Å². The molecule has 0 aromatic carbocycles. The van der Waals surface area contributed by atoms with E-state index in [1.165, 1.54) is 12.8 Å². The molecule has 2 fully saturated rings. The molecule has 2 N–H and O–H groups in total. The van der Waals surface area contributed by atoms with Crippen LogP contribution in [0.2, 0.25) is 0 Å². The molecule has 0 bridgehead atoms. The van der Waals surface area contributed by atoms with Crippen molar-refractivity contribution in [3.8, 4) is 0 Å². The second-order valence-electron chi connectivity index (χ2n) is 5.27. The molecule has 86 valence electrons. The van der Waals surface area contributed by atoms with Crippen LogP contribution in [0.15, 0.2) is 0 Å². The first-order valence-electron chi connectivity index (χ1n) is 6.17. The lowest BCUT2D eigenvalue weighted by atomic mass is 9.88. The molecule has 1 heterocycles. The summed E-state index contributed by atoms with van der Waals surface area (Å²) in [5.41, 5.74) is 0. The lowest BCUT2D eigenvalue weighted by Crippen LogP contribution is -2.50. The molecule has 1 aliphatic heterocycles. The Morgan fingerprint density at radius 1 is 1.33 bits per heavy atom. The van der Waals surface area contributed by atoms with Gasteiger partial charge in [0, 0.05) is 12.5 Å². The number of carbonyl (C=O) groups excluding carboxylic acids is 1. The molecule has 0 radical (unpaired) electrons. The van der Waals surface area contributed by atoms with Crippen molar-refractivity contribution in [2.75, 3.05) is 19.6 Å². The first-order chi connectivity index (χ1) is 7.18. The molecule has 2 rings (SSSR count). The van der Waals surface area contributed by atoms with E-state index in [0.717, 1.165) is 25.6 Å². The van der Waals surface area contributed by atoms with E-state index in [9.17, 15) is 4.79 Å². The van der Waals surface area contributed by atoms with E-state index in [2.05, 4.69) is 17.6 Å². The predicted octanol–water partition coefficient (Wildman–Crippen LogP) is 1.00. The zero-order valence-electron chi connectivity index (χ0n) is 9.75. The normalized spacial score (nSPS) is 25.5. The predicted molar refractivity (Wildman–Crippen MR) is 60.4 cm³/mol. The summed E-state index contributed by atoms with van der Waals surface area (Å²) in [7, 11) is 0. The summed E-state index contributed by atoms with van der Waals surface area (Å²) in [5.74, 6) is 2.53. The largest absolute Gasteiger partial charge is 0.356 e. The molecule has 1 saturated heterocycles. The van der Waals surface area contributed by atoms with Crippen molar-refractivity contribution in [3.05, 3.63) is 0 Å². The smallest absolute Gasteiger partial charge is 0.223 e. The Morgan fingerprint density at radius 2 is 2.00 bits per heavy atom. The number of hydrogen-bond donors (Lipinski definition) is 2. The van der Waals surface area contributed by atoms with Crippen molar-refractivity contribution in [2.24, 2.45) is 23.7 Å². The van der Waals surface area contributed by atoms with Crippen LogP contribution in [0.1, 0.15) is 26.7 Å². The summed E-state index contributed by atoms with van der Waals surface area (Å²) >= 11 is 0. The first-order valence-corrected chi connectivity index (χ1v) is 6.17. The second kappa shape index (κ2) is 4.52. The molecular weight excluding hydrogens is 188 g/mol. The molecule has 3 nitrogen and oxygen atoms in total. The Hall–Kier alpha value is -0.570. The molecule has 1 amide bonds. The highest BCUT2D eigenvalue weighted by Crippen LogP contribution is 2.36. The highest BCUT2D eigenvalue weighted by Gasteiger charge is 2.31. The number of amides is 1. The quantitative estimate of drug-likeness (QED) is 0.711. The van der Waals surface area contributed by atoms with Crippen molar-refractivity contribution in [3.63, 3.8) is 0 Å². The third-order valence-corrected chi connectivity index (χ3v) is 3.96. The van der Waals surface area contributed by atoms with Crippen molar-refractivity contribution in [2.45, 2.75) is 26.7 Å². The second-order valence-corrected chi connectivity index (χ2v) is 5.27. The Labute approximate surface area is 92.0 Å². The maximum absolute atomic E-state index is 11.8. The lowest BCUT2D eigenvalue weighted by Gasteiger charge is -2.32. The van der Waals surface area contributed by atoms with Gasteiger partial charge in [-0.3, -0.25) is 4.79 Å². The summed E-state index contributed by atoms with van der Waals surface area (Å²) in [6.45, 7) is 7.17. The van der Waals surface area contributed by atoms with Crippen LogP contribution in [0.4, 0.5) is 0 Å². The monoisotopic (exact) mass is 210 g/mol. The Kier molecular flexibility index (Phi) is 3.29. The van der Waals surface area contributed by atoms with Crippen LogP contribution in [0.3, 0.4) is 0 Å². The van der Waals surface area contributed by atoms with Crippen LogP contribution in [0, 0.1) is 23.7 Å². The molecular formula is C12H22N2O. The topological polar surface area (TPSA) is 41.1 Å². The molecule has 1 aliphatic carbocycles. The summed E-state index contributed by atoms with van der Waals surface area (Å²) in [6, 6.07) is 0. The standard InChI is InChI=1S/C12H22N2O/c1-8(10-3-4-10)5-14-12(15)9(2)11-6-13-7-11/h8-11,13H,3-7H2,1-2H3,(H,14,15). The number of hydrogen-bond acceptors (Lipinski definition) is 2. The SMILES string of the molecule is CC(CNC(=O)C(C)C1CNC1)C1CC1. The van der Waals surface area contributed by atoms with Crippen molar-refractivity contribution in [1.82, 2.24) is 10.6 Å². The van der Waals surface area contributed by atoms with Crippen LogP contribution in [0.5, 0.6) is 0 Å². The van der Waals surface area contributed by atoms with Gasteiger partial charge >= 0.3 is 0 Å². The van der Waals surface area contributed by atoms with E-state index < -0.39 is 0 Å². The fourth-order valence-corrected chi connectivity index (χ4v) is 2.13. The van der Waals surface area contributed by atoms with Gasteiger partial charge in [0.25, 0.3) is 0 Å². The van der Waals surface area contributed by atoms with E-state index in [1.807, 2.05) is 6.92 Å². The van der Waals surface area contributed by atoms with Gasteiger partial charge in [0.15, 0.2) is 0 Å². The molecule has 2 aliphatic rings. The van der Waals surface area contributed by atoms with Gasteiger partial charge in [-0.1, -0.05) is 13.8 Å². The van der Waals surface area contributed by atoms with Crippen LogP contribution in [-0.2, 0) is 4.79 Å². The average molecular weight is 210 g/mol. The number of carbonyl (C=O) groups is 1. The summed E-state index contributed by atoms with van der Waals surface area (Å²) in [5, 5.41) is 6.30. The molecule has 0 spiro atoms. The van der Waals surface area contributed by atoms with Gasteiger partial charge in [0.05, 0.1) is 0 Å². The zero-order chi connectivity index (χ0) is 10.8. The van der Waals surface area contributed by atoms with Gasteiger partial charge in [-0.05, 0) is 43.7 Å². The maximum Gasteiger partial charge on any atom is 0.223 e. The third-order valence-electron chi connectivity index (χ3n) is 3.96. The molecule has 1 saturated carbocycles. The van der Waals surface area contributed by atoms with Crippen LogP contribution in [0.25, 0.3) is 0 Å². The molecule has 0 aromatic heterocycles. The molecule has 2 atom stereocenters. The summed E-state index contributed by atoms with van der Waals surface area (Å²) in [6.07, 6.45) is 2.72.